The number of methoxy groups -OCH3 is 1. The van der Waals surface area contributed by atoms with Gasteiger partial charge in [-0.05, 0) is 24.3 Å². The molecule has 7 heteroatoms. The molecule has 0 radical (unpaired) electrons. The molecule has 1 fully saturated rings. The predicted octanol–water partition coefficient (Wildman–Crippen LogP) is 3.01. The molecule has 2 aromatic heterocycles. The molecule has 1 aliphatic rings. The number of nitrogens with zero attached hydrogens (tertiary/aromatic N) is 5. The summed E-state index contributed by atoms with van der Waals surface area (Å²) in [6.45, 7) is 3.65. The quantitative estimate of drug-likeness (QED) is 0.720. The summed E-state index contributed by atoms with van der Waals surface area (Å²) in [4.78, 5) is 17.2. The van der Waals surface area contributed by atoms with Crippen molar-refractivity contribution in [3.63, 3.8) is 0 Å². The summed E-state index contributed by atoms with van der Waals surface area (Å²) < 4.78 is 5.36. The molecule has 0 spiro atoms. The average molecular weight is 356 g/mol. The number of rotatable bonds is 3. The summed E-state index contributed by atoms with van der Waals surface area (Å²) in [5, 5.41) is 1.63. The summed E-state index contributed by atoms with van der Waals surface area (Å²) >= 11 is 6.26. The van der Waals surface area contributed by atoms with Crippen molar-refractivity contribution in [1.82, 2.24) is 15.0 Å². The fourth-order valence-electron chi connectivity index (χ4n) is 3.21. The van der Waals surface area contributed by atoms with E-state index in [9.17, 15) is 0 Å². The number of benzene rings is 1. The molecule has 0 aliphatic carbocycles. The van der Waals surface area contributed by atoms with Gasteiger partial charge in [-0.25, -0.2) is 9.97 Å². The molecule has 1 saturated heterocycles. The molecule has 0 N–H and O–H groups in total. The Morgan fingerprint density at radius 2 is 1.84 bits per heavy atom. The number of halogens is 1. The van der Waals surface area contributed by atoms with Gasteiger partial charge in [0.15, 0.2) is 0 Å². The minimum absolute atomic E-state index is 0.606. The van der Waals surface area contributed by atoms with Crippen molar-refractivity contribution in [2.75, 3.05) is 43.1 Å². The third-order valence-corrected chi connectivity index (χ3v) is 4.80. The zero-order chi connectivity index (χ0) is 17.2. The van der Waals surface area contributed by atoms with E-state index in [0.717, 1.165) is 48.5 Å². The molecule has 1 aromatic carbocycles. The summed E-state index contributed by atoms with van der Waals surface area (Å²) in [6.07, 6.45) is 5.00. The van der Waals surface area contributed by atoms with Crippen LogP contribution >= 0.6 is 11.6 Å². The highest BCUT2D eigenvalue weighted by molar-refractivity contribution is 6.33. The van der Waals surface area contributed by atoms with Crippen molar-refractivity contribution >= 4 is 33.9 Å². The number of anilines is 2. The standard InChI is InChI=1S/C18H18ClN5O/c1-25-18-14-10-13(2-3-16(14)21-12-22-18)23-6-8-24(9-7-23)17-4-5-20-11-15(17)19/h2-5,10-12H,6-9H2,1H3. The Morgan fingerprint density at radius 3 is 2.60 bits per heavy atom. The van der Waals surface area contributed by atoms with Gasteiger partial charge < -0.3 is 14.5 Å². The second-order valence-electron chi connectivity index (χ2n) is 5.89. The van der Waals surface area contributed by atoms with E-state index in [-0.39, 0.29) is 0 Å². The van der Waals surface area contributed by atoms with Crippen LogP contribution in [0.2, 0.25) is 5.02 Å². The van der Waals surface area contributed by atoms with Crippen molar-refractivity contribution < 1.29 is 4.74 Å². The lowest BCUT2D eigenvalue weighted by Gasteiger charge is -2.37. The lowest BCUT2D eigenvalue weighted by atomic mass is 10.2. The van der Waals surface area contributed by atoms with Crippen molar-refractivity contribution in [1.29, 1.82) is 0 Å². The molecule has 128 valence electrons. The van der Waals surface area contributed by atoms with E-state index in [1.54, 1.807) is 19.5 Å². The zero-order valence-corrected chi connectivity index (χ0v) is 14.6. The second kappa shape index (κ2) is 6.72. The van der Waals surface area contributed by atoms with Crippen molar-refractivity contribution in [2.45, 2.75) is 0 Å². The van der Waals surface area contributed by atoms with Crippen LogP contribution < -0.4 is 14.5 Å². The van der Waals surface area contributed by atoms with E-state index in [0.29, 0.717) is 10.9 Å². The molecule has 0 atom stereocenters. The maximum Gasteiger partial charge on any atom is 0.224 e. The van der Waals surface area contributed by atoms with Crippen LogP contribution in [0.4, 0.5) is 11.4 Å². The van der Waals surface area contributed by atoms with E-state index in [1.165, 1.54) is 6.33 Å². The summed E-state index contributed by atoms with van der Waals surface area (Å²) in [5.74, 6) is 0.606. The van der Waals surface area contributed by atoms with Crippen LogP contribution in [0.5, 0.6) is 5.88 Å². The summed E-state index contributed by atoms with van der Waals surface area (Å²) in [5.41, 5.74) is 3.09. The highest BCUT2D eigenvalue weighted by atomic mass is 35.5. The van der Waals surface area contributed by atoms with Gasteiger partial charge >= 0.3 is 0 Å². The Labute approximate surface area is 151 Å². The first-order valence-corrected chi connectivity index (χ1v) is 8.52. The number of aromatic nitrogens is 3. The van der Waals surface area contributed by atoms with Gasteiger partial charge in [-0.1, -0.05) is 11.6 Å². The van der Waals surface area contributed by atoms with Gasteiger partial charge in [-0.15, -0.1) is 0 Å². The molecular formula is C18H18ClN5O. The molecule has 25 heavy (non-hydrogen) atoms. The maximum absolute atomic E-state index is 6.26. The lowest BCUT2D eigenvalue weighted by molar-refractivity contribution is 0.402. The lowest BCUT2D eigenvalue weighted by Crippen LogP contribution is -2.46. The van der Waals surface area contributed by atoms with Gasteiger partial charge in [0, 0.05) is 44.3 Å². The Bertz CT molecular complexity index is 896. The predicted molar refractivity (Wildman–Crippen MR) is 99.8 cm³/mol. The van der Waals surface area contributed by atoms with Gasteiger partial charge in [0.05, 0.1) is 28.7 Å². The average Bonchev–Trinajstić information content (AvgIpc) is 2.67. The van der Waals surface area contributed by atoms with Gasteiger partial charge in [0.1, 0.15) is 6.33 Å². The van der Waals surface area contributed by atoms with E-state index >= 15 is 0 Å². The van der Waals surface area contributed by atoms with Gasteiger partial charge in [-0.3, -0.25) is 4.98 Å². The number of ether oxygens (including phenoxy) is 1. The number of pyridine rings is 1. The summed E-state index contributed by atoms with van der Waals surface area (Å²) in [6, 6.07) is 8.18. The van der Waals surface area contributed by atoms with Crippen LogP contribution in [-0.2, 0) is 0 Å². The third-order valence-electron chi connectivity index (χ3n) is 4.51. The van der Waals surface area contributed by atoms with Gasteiger partial charge in [-0.2, -0.15) is 0 Å². The zero-order valence-electron chi connectivity index (χ0n) is 13.9. The van der Waals surface area contributed by atoms with E-state index in [1.807, 2.05) is 12.1 Å². The van der Waals surface area contributed by atoms with Crippen molar-refractivity contribution in [3.05, 3.63) is 48.0 Å². The van der Waals surface area contributed by atoms with Crippen LogP contribution in [-0.4, -0.2) is 48.2 Å². The third kappa shape index (κ3) is 3.05. The maximum atomic E-state index is 6.26. The molecule has 6 nitrogen and oxygen atoms in total. The topological polar surface area (TPSA) is 54.4 Å². The monoisotopic (exact) mass is 355 g/mol. The molecule has 3 heterocycles. The molecule has 0 saturated carbocycles. The molecule has 0 amide bonds. The van der Waals surface area contributed by atoms with Gasteiger partial charge in [0.25, 0.3) is 0 Å². The van der Waals surface area contributed by atoms with Crippen LogP contribution in [0, 0.1) is 0 Å². The molecule has 0 unspecified atom stereocenters. The van der Waals surface area contributed by atoms with Crippen LogP contribution in [0.1, 0.15) is 0 Å². The highest BCUT2D eigenvalue weighted by Crippen LogP contribution is 2.29. The van der Waals surface area contributed by atoms with E-state index in [2.05, 4.69) is 36.9 Å². The molecule has 3 aromatic rings. The van der Waals surface area contributed by atoms with Crippen LogP contribution in [0.25, 0.3) is 10.9 Å². The minimum Gasteiger partial charge on any atom is -0.480 e. The molecular weight excluding hydrogens is 338 g/mol. The van der Waals surface area contributed by atoms with Crippen LogP contribution in [0.15, 0.2) is 43.0 Å². The number of hydrogen-bond acceptors (Lipinski definition) is 6. The van der Waals surface area contributed by atoms with Gasteiger partial charge in [0.2, 0.25) is 5.88 Å². The SMILES string of the molecule is COc1ncnc2ccc(N3CCN(c4ccncc4Cl)CC3)cc12. The second-order valence-corrected chi connectivity index (χ2v) is 6.29. The first-order valence-electron chi connectivity index (χ1n) is 8.14. The van der Waals surface area contributed by atoms with Crippen molar-refractivity contribution in [3.8, 4) is 5.88 Å². The molecule has 1 aliphatic heterocycles. The first kappa shape index (κ1) is 15.9. The Balaban J connectivity index is 1.55. The summed E-state index contributed by atoms with van der Waals surface area (Å²) in [7, 11) is 1.63. The Hall–Kier alpha value is -2.60. The Morgan fingerprint density at radius 1 is 1.04 bits per heavy atom. The Kier molecular flexibility index (Phi) is 4.28. The number of fused-ring (bicyclic) bond motifs is 1. The molecule has 0 bridgehead atoms. The fourth-order valence-corrected chi connectivity index (χ4v) is 3.45. The van der Waals surface area contributed by atoms with Crippen molar-refractivity contribution in [2.24, 2.45) is 0 Å². The number of piperazine rings is 1. The molecule has 4 rings (SSSR count). The normalized spacial score (nSPS) is 14.8. The number of hydrogen-bond donors (Lipinski definition) is 0. The largest absolute Gasteiger partial charge is 0.480 e. The van der Waals surface area contributed by atoms with E-state index in [4.69, 9.17) is 16.3 Å². The van der Waals surface area contributed by atoms with Crippen LogP contribution in [0.3, 0.4) is 0 Å². The van der Waals surface area contributed by atoms with E-state index < -0.39 is 0 Å². The first-order chi connectivity index (χ1) is 12.3. The minimum atomic E-state index is 0.606. The smallest absolute Gasteiger partial charge is 0.224 e. The fraction of sp³-hybridized carbons (Fsp3) is 0.278. The highest BCUT2D eigenvalue weighted by Gasteiger charge is 2.19.